The van der Waals surface area contributed by atoms with Gasteiger partial charge >= 0.3 is 0 Å². The molecule has 5 nitrogen and oxygen atoms in total. The van der Waals surface area contributed by atoms with Gasteiger partial charge in [0.1, 0.15) is 0 Å². The Kier molecular flexibility index (Phi) is 7.49. The van der Waals surface area contributed by atoms with Crippen molar-refractivity contribution in [3.63, 3.8) is 0 Å². The third-order valence-electron chi connectivity index (χ3n) is 6.58. The van der Waals surface area contributed by atoms with Crippen molar-refractivity contribution < 1.29 is 4.79 Å². The van der Waals surface area contributed by atoms with Crippen molar-refractivity contribution in [2.45, 2.75) is 25.9 Å². The van der Waals surface area contributed by atoms with Crippen LogP contribution in [0.15, 0.2) is 48.5 Å². The first-order valence-corrected chi connectivity index (χ1v) is 11.7. The van der Waals surface area contributed by atoms with E-state index in [2.05, 4.69) is 57.4 Å². The number of amides is 1. The first-order valence-electron chi connectivity index (χ1n) is 11.3. The maximum atomic E-state index is 12.7. The lowest BCUT2D eigenvalue weighted by Crippen LogP contribution is -2.44. The third kappa shape index (κ3) is 6.00. The second-order valence-electron chi connectivity index (χ2n) is 8.82. The molecule has 1 N–H and O–H groups in total. The molecule has 2 aromatic rings. The Morgan fingerprint density at radius 3 is 2.32 bits per heavy atom. The molecular weight excluding hydrogens is 408 g/mol. The van der Waals surface area contributed by atoms with Crippen LogP contribution in [0.4, 0.5) is 5.69 Å². The summed E-state index contributed by atoms with van der Waals surface area (Å²) < 4.78 is 0. The first-order chi connectivity index (χ1) is 15.1. The monoisotopic (exact) mass is 440 g/mol. The number of carbonyl (C=O) groups excluding carboxylic acids is 1. The maximum absolute atomic E-state index is 12.7. The van der Waals surface area contributed by atoms with Gasteiger partial charge in [0.25, 0.3) is 0 Å². The molecule has 166 valence electrons. The Labute approximate surface area is 191 Å². The average Bonchev–Trinajstić information content (AvgIpc) is 2.80. The highest BCUT2D eigenvalue weighted by atomic mass is 35.5. The number of likely N-dealkylation sites (tertiary alicyclic amines) is 1. The molecule has 2 aromatic carbocycles. The molecule has 0 unspecified atom stereocenters. The van der Waals surface area contributed by atoms with Gasteiger partial charge in [-0.3, -0.25) is 9.69 Å². The van der Waals surface area contributed by atoms with Crippen molar-refractivity contribution in [1.29, 1.82) is 0 Å². The summed E-state index contributed by atoms with van der Waals surface area (Å²) in [6.45, 7) is 7.68. The van der Waals surface area contributed by atoms with E-state index < -0.39 is 0 Å². The largest absolute Gasteiger partial charge is 0.369 e. The lowest BCUT2D eigenvalue weighted by atomic mass is 9.95. The molecule has 2 aliphatic rings. The zero-order valence-electron chi connectivity index (χ0n) is 18.4. The van der Waals surface area contributed by atoms with Crippen LogP contribution in [0, 0.1) is 5.92 Å². The number of hydrogen-bond donors (Lipinski definition) is 1. The summed E-state index contributed by atoms with van der Waals surface area (Å²) in [4.78, 5) is 19.9. The quantitative estimate of drug-likeness (QED) is 0.744. The van der Waals surface area contributed by atoms with Crippen molar-refractivity contribution in [2.75, 3.05) is 51.2 Å². The minimum atomic E-state index is 0.104. The fourth-order valence-corrected chi connectivity index (χ4v) is 4.64. The van der Waals surface area contributed by atoms with Crippen molar-refractivity contribution in [3.8, 4) is 0 Å². The highest BCUT2D eigenvalue weighted by molar-refractivity contribution is 6.31. The Morgan fingerprint density at radius 1 is 0.968 bits per heavy atom. The van der Waals surface area contributed by atoms with Gasteiger partial charge in [-0.25, -0.2) is 0 Å². The number of likely N-dealkylation sites (N-methyl/N-ethyl adjacent to an activating group) is 1. The zero-order chi connectivity index (χ0) is 21.6. The molecule has 6 heteroatoms. The molecule has 2 heterocycles. The second kappa shape index (κ2) is 10.5. The van der Waals surface area contributed by atoms with E-state index in [1.54, 1.807) is 0 Å². The summed E-state index contributed by atoms with van der Waals surface area (Å²) in [6.07, 6.45) is 1.80. The predicted octanol–water partition coefficient (Wildman–Crippen LogP) is 3.62. The molecule has 4 rings (SSSR count). The van der Waals surface area contributed by atoms with E-state index >= 15 is 0 Å². The number of nitrogens with one attached hydrogen (secondary N) is 1. The van der Waals surface area contributed by atoms with Gasteiger partial charge in [0, 0.05) is 55.9 Å². The van der Waals surface area contributed by atoms with Gasteiger partial charge in [-0.05, 0) is 62.3 Å². The summed E-state index contributed by atoms with van der Waals surface area (Å²) in [5.74, 6) is 0.285. The summed E-state index contributed by atoms with van der Waals surface area (Å²) in [6, 6.07) is 16.6. The number of halogens is 1. The maximum Gasteiger partial charge on any atom is 0.223 e. The lowest BCUT2D eigenvalue weighted by molar-refractivity contribution is -0.126. The van der Waals surface area contributed by atoms with Crippen LogP contribution < -0.4 is 10.2 Å². The zero-order valence-corrected chi connectivity index (χ0v) is 19.2. The van der Waals surface area contributed by atoms with Gasteiger partial charge < -0.3 is 15.1 Å². The Balaban J connectivity index is 1.20. The van der Waals surface area contributed by atoms with Gasteiger partial charge in [0.2, 0.25) is 5.91 Å². The molecule has 0 aliphatic carbocycles. The Hall–Kier alpha value is -2.08. The number of anilines is 1. The minimum Gasteiger partial charge on any atom is -0.369 e. The van der Waals surface area contributed by atoms with Crippen molar-refractivity contribution >= 4 is 23.2 Å². The molecule has 0 bridgehead atoms. The molecule has 0 saturated carbocycles. The van der Waals surface area contributed by atoms with E-state index in [1.807, 2.05) is 18.2 Å². The third-order valence-corrected chi connectivity index (χ3v) is 6.95. The van der Waals surface area contributed by atoms with Gasteiger partial charge in [-0.2, -0.15) is 0 Å². The first kappa shape index (κ1) is 22.1. The van der Waals surface area contributed by atoms with Crippen LogP contribution in [0.5, 0.6) is 0 Å². The number of piperazine rings is 1. The topological polar surface area (TPSA) is 38.8 Å². The fraction of sp³-hybridized carbons (Fsp3) is 0.480. The molecule has 31 heavy (non-hydrogen) atoms. The fourth-order valence-electron chi connectivity index (χ4n) is 4.44. The van der Waals surface area contributed by atoms with Crippen LogP contribution in [0.2, 0.25) is 5.02 Å². The Bertz CT molecular complexity index is 856. The van der Waals surface area contributed by atoms with Gasteiger partial charge in [0.05, 0.1) is 0 Å². The highest BCUT2D eigenvalue weighted by Crippen LogP contribution is 2.23. The number of benzene rings is 2. The smallest absolute Gasteiger partial charge is 0.223 e. The van der Waals surface area contributed by atoms with Crippen LogP contribution in [0.1, 0.15) is 24.0 Å². The molecule has 0 atom stereocenters. The van der Waals surface area contributed by atoms with E-state index in [0.29, 0.717) is 6.54 Å². The summed E-state index contributed by atoms with van der Waals surface area (Å²) in [5, 5.41) is 3.97. The van der Waals surface area contributed by atoms with Crippen LogP contribution in [-0.4, -0.2) is 62.0 Å². The number of hydrogen-bond acceptors (Lipinski definition) is 4. The van der Waals surface area contributed by atoms with Crippen LogP contribution in [0.3, 0.4) is 0 Å². The van der Waals surface area contributed by atoms with Gasteiger partial charge in [-0.15, -0.1) is 0 Å². The lowest BCUT2D eigenvalue weighted by Gasteiger charge is -2.34. The second-order valence-corrected chi connectivity index (χ2v) is 9.22. The van der Waals surface area contributed by atoms with Crippen molar-refractivity contribution in [2.24, 2.45) is 5.92 Å². The molecule has 0 radical (unpaired) electrons. The normalized spacial score (nSPS) is 18.8. The SMILES string of the molecule is CN1CCN(c2ccc(CNC(=O)C3CCN(Cc4ccccc4Cl)CC3)cc2)CC1. The Morgan fingerprint density at radius 2 is 1.65 bits per heavy atom. The molecular formula is C25H33ClN4O. The van der Waals surface area contributed by atoms with Gasteiger partial charge in [-0.1, -0.05) is 41.9 Å². The van der Waals surface area contributed by atoms with Crippen LogP contribution >= 0.6 is 11.6 Å². The molecule has 0 spiro atoms. The molecule has 2 aliphatic heterocycles. The summed E-state index contributed by atoms with van der Waals surface area (Å²) in [5.41, 5.74) is 3.59. The van der Waals surface area contributed by atoms with Crippen LogP contribution in [-0.2, 0) is 17.9 Å². The van der Waals surface area contributed by atoms with Crippen molar-refractivity contribution in [3.05, 3.63) is 64.7 Å². The van der Waals surface area contributed by atoms with Gasteiger partial charge in [0.15, 0.2) is 0 Å². The average molecular weight is 441 g/mol. The van der Waals surface area contributed by atoms with Crippen molar-refractivity contribution in [1.82, 2.24) is 15.1 Å². The molecule has 0 aromatic heterocycles. The molecule has 2 saturated heterocycles. The number of piperidine rings is 1. The van der Waals surface area contributed by atoms with E-state index in [0.717, 1.165) is 74.8 Å². The highest BCUT2D eigenvalue weighted by Gasteiger charge is 2.25. The summed E-state index contributed by atoms with van der Waals surface area (Å²) in [7, 11) is 2.17. The van der Waals surface area contributed by atoms with E-state index in [-0.39, 0.29) is 11.8 Å². The number of rotatable bonds is 6. The predicted molar refractivity (Wildman–Crippen MR) is 127 cm³/mol. The molecule has 2 fully saturated rings. The van der Waals surface area contributed by atoms with Crippen LogP contribution in [0.25, 0.3) is 0 Å². The summed E-state index contributed by atoms with van der Waals surface area (Å²) >= 11 is 6.29. The minimum absolute atomic E-state index is 0.104. The standard InChI is InChI=1S/C25H33ClN4O/c1-28-14-16-30(17-15-28)23-8-6-20(7-9-23)18-27-25(31)21-10-12-29(13-11-21)19-22-4-2-3-5-24(22)26/h2-9,21H,10-19H2,1H3,(H,27,31). The molecule has 1 amide bonds. The van der Waals surface area contributed by atoms with E-state index in [9.17, 15) is 4.79 Å². The number of nitrogens with zero attached hydrogens (tertiary/aromatic N) is 3. The van der Waals surface area contributed by atoms with E-state index in [4.69, 9.17) is 11.6 Å². The number of carbonyl (C=O) groups is 1. The van der Waals surface area contributed by atoms with E-state index in [1.165, 1.54) is 5.69 Å².